The summed E-state index contributed by atoms with van der Waals surface area (Å²) in [5.41, 5.74) is 9.59. The summed E-state index contributed by atoms with van der Waals surface area (Å²) in [6, 6.07) is 6.02. The molecule has 0 saturated carbocycles. The number of hydrogen-bond donors (Lipinski definition) is 2. The second kappa shape index (κ2) is 6.28. The van der Waals surface area contributed by atoms with Gasteiger partial charge < -0.3 is 11.1 Å². The Labute approximate surface area is 126 Å². The molecule has 0 radical (unpaired) electrons. The number of benzene rings is 1. The molecule has 4 nitrogen and oxygen atoms in total. The Balaban J connectivity index is 1.96. The van der Waals surface area contributed by atoms with Crippen LogP contribution in [0, 0.1) is 20.8 Å². The number of nitrogens with one attached hydrogen (secondary N) is 1. The number of carbonyl (C=O) groups is 1. The number of aryl methyl sites for hydroxylation is 3. The van der Waals surface area contributed by atoms with Gasteiger partial charge >= 0.3 is 0 Å². The third-order valence-corrected chi connectivity index (χ3v) is 5.12. The van der Waals surface area contributed by atoms with E-state index in [9.17, 15) is 4.79 Å². The predicted molar refractivity (Wildman–Crippen MR) is 86.5 cm³/mol. The second-order valence-electron chi connectivity index (χ2n) is 4.58. The molecule has 2 rings (SSSR count). The number of thioether (sulfide) groups is 1. The monoisotopic (exact) mass is 307 g/mol. The lowest BCUT2D eigenvalue weighted by atomic mass is 10.1. The number of nitrogen functional groups attached to an aromatic ring is 1. The Morgan fingerprint density at radius 3 is 2.80 bits per heavy atom. The van der Waals surface area contributed by atoms with Crippen molar-refractivity contribution in [1.82, 2.24) is 4.98 Å². The first-order chi connectivity index (χ1) is 9.45. The summed E-state index contributed by atoms with van der Waals surface area (Å²) in [4.78, 5) is 16.1. The van der Waals surface area contributed by atoms with Gasteiger partial charge in [0.15, 0.2) is 5.13 Å². The van der Waals surface area contributed by atoms with Crippen LogP contribution in [0.3, 0.4) is 0 Å². The van der Waals surface area contributed by atoms with Gasteiger partial charge in [0.1, 0.15) is 0 Å². The SMILES string of the molecule is Cc1ccc(C)c(NC(=O)CSc2sc(N)nc2C)c1. The van der Waals surface area contributed by atoms with Gasteiger partial charge in [0.2, 0.25) is 5.91 Å². The maximum absolute atomic E-state index is 12.0. The van der Waals surface area contributed by atoms with Gasteiger partial charge in [-0.3, -0.25) is 4.79 Å². The van der Waals surface area contributed by atoms with E-state index < -0.39 is 0 Å². The van der Waals surface area contributed by atoms with E-state index in [2.05, 4.69) is 10.3 Å². The van der Waals surface area contributed by atoms with Gasteiger partial charge in [0.25, 0.3) is 0 Å². The molecule has 0 aliphatic carbocycles. The lowest BCUT2D eigenvalue weighted by Crippen LogP contribution is -2.14. The predicted octanol–water partition coefficient (Wildman–Crippen LogP) is 3.38. The van der Waals surface area contributed by atoms with E-state index in [0.717, 1.165) is 26.7 Å². The molecular weight excluding hydrogens is 290 g/mol. The molecule has 2 aromatic rings. The number of rotatable bonds is 4. The largest absolute Gasteiger partial charge is 0.375 e. The topological polar surface area (TPSA) is 68.0 Å². The highest BCUT2D eigenvalue weighted by atomic mass is 32.2. The molecule has 0 aliphatic rings. The Morgan fingerprint density at radius 1 is 1.40 bits per heavy atom. The van der Waals surface area contributed by atoms with E-state index in [-0.39, 0.29) is 5.91 Å². The van der Waals surface area contributed by atoms with Crippen LogP contribution in [0.1, 0.15) is 16.8 Å². The summed E-state index contributed by atoms with van der Waals surface area (Å²) in [5, 5.41) is 3.48. The maximum Gasteiger partial charge on any atom is 0.234 e. The maximum atomic E-state index is 12.0. The van der Waals surface area contributed by atoms with E-state index in [1.807, 2.05) is 39.0 Å². The van der Waals surface area contributed by atoms with Gasteiger partial charge in [0.05, 0.1) is 15.7 Å². The third kappa shape index (κ3) is 3.74. The normalized spacial score (nSPS) is 10.6. The van der Waals surface area contributed by atoms with Crippen molar-refractivity contribution in [2.24, 2.45) is 0 Å². The molecular formula is C14H17N3OS2. The van der Waals surface area contributed by atoms with Gasteiger partial charge in [-0.05, 0) is 38.0 Å². The molecule has 20 heavy (non-hydrogen) atoms. The van der Waals surface area contributed by atoms with Crippen molar-refractivity contribution in [1.29, 1.82) is 0 Å². The van der Waals surface area contributed by atoms with Crippen molar-refractivity contribution >= 4 is 39.8 Å². The number of hydrogen-bond acceptors (Lipinski definition) is 5. The molecule has 106 valence electrons. The molecule has 0 fully saturated rings. The first-order valence-corrected chi connectivity index (χ1v) is 7.98. The zero-order valence-electron chi connectivity index (χ0n) is 11.7. The highest BCUT2D eigenvalue weighted by Crippen LogP contribution is 2.30. The van der Waals surface area contributed by atoms with Crippen LogP contribution < -0.4 is 11.1 Å². The van der Waals surface area contributed by atoms with Crippen molar-refractivity contribution in [3.8, 4) is 0 Å². The van der Waals surface area contributed by atoms with Crippen molar-refractivity contribution in [2.75, 3.05) is 16.8 Å². The van der Waals surface area contributed by atoms with Crippen LogP contribution in [-0.2, 0) is 4.79 Å². The van der Waals surface area contributed by atoms with Crippen molar-refractivity contribution in [2.45, 2.75) is 25.0 Å². The number of amides is 1. The number of nitrogens with two attached hydrogens (primary N) is 1. The van der Waals surface area contributed by atoms with Gasteiger partial charge in [-0.2, -0.15) is 0 Å². The number of anilines is 2. The zero-order chi connectivity index (χ0) is 14.7. The summed E-state index contributed by atoms with van der Waals surface area (Å²) in [7, 11) is 0. The summed E-state index contributed by atoms with van der Waals surface area (Å²) < 4.78 is 0.999. The van der Waals surface area contributed by atoms with E-state index >= 15 is 0 Å². The molecule has 1 aromatic heterocycles. The van der Waals surface area contributed by atoms with Crippen LogP contribution in [0.4, 0.5) is 10.8 Å². The Hall–Kier alpha value is -1.53. The van der Waals surface area contributed by atoms with Gasteiger partial charge in [-0.15, -0.1) is 11.8 Å². The average molecular weight is 307 g/mol. The van der Waals surface area contributed by atoms with Crippen LogP contribution in [0.25, 0.3) is 0 Å². The second-order valence-corrected chi connectivity index (χ2v) is 6.85. The highest BCUT2D eigenvalue weighted by Gasteiger charge is 2.10. The molecule has 0 saturated heterocycles. The molecule has 0 bridgehead atoms. The molecule has 0 aliphatic heterocycles. The minimum atomic E-state index is -0.0185. The lowest BCUT2D eigenvalue weighted by molar-refractivity contribution is -0.113. The molecule has 1 heterocycles. The van der Waals surface area contributed by atoms with E-state index in [0.29, 0.717) is 10.9 Å². The molecule has 3 N–H and O–H groups in total. The fraction of sp³-hybridized carbons (Fsp3) is 0.286. The van der Waals surface area contributed by atoms with Crippen molar-refractivity contribution in [3.05, 3.63) is 35.0 Å². The molecule has 1 aromatic carbocycles. The third-order valence-electron chi connectivity index (χ3n) is 2.77. The highest BCUT2D eigenvalue weighted by molar-refractivity contribution is 8.01. The molecule has 6 heteroatoms. The van der Waals surface area contributed by atoms with Crippen molar-refractivity contribution < 1.29 is 4.79 Å². The first-order valence-electron chi connectivity index (χ1n) is 6.18. The van der Waals surface area contributed by atoms with Crippen LogP contribution in [-0.4, -0.2) is 16.6 Å². The minimum absolute atomic E-state index is 0.0185. The molecule has 0 atom stereocenters. The molecule has 1 amide bonds. The quantitative estimate of drug-likeness (QED) is 0.850. The first kappa shape index (κ1) is 14.9. The number of aromatic nitrogens is 1. The Kier molecular flexibility index (Phi) is 4.67. The van der Waals surface area contributed by atoms with Crippen LogP contribution in [0.2, 0.25) is 0 Å². The fourth-order valence-electron chi connectivity index (χ4n) is 1.72. The lowest BCUT2D eigenvalue weighted by Gasteiger charge is -2.09. The molecule has 0 unspecified atom stereocenters. The van der Waals surface area contributed by atoms with E-state index in [1.54, 1.807) is 0 Å². The minimum Gasteiger partial charge on any atom is -0.375 e. The number of nitrogens with zero attached hydrogens (tertiary/aromatic N) is 1. The standard InChI is InChI=1S/C14H17N3OS2/c1-8-4-5-9(2)11(6-8)17-12(18)7-19-13-10(3)16-14(15)20-13/h4-6H,7H2,1-3H3,(H2,15,16)(H,17,18). The number of carbonyl (C=O) groups excluding carboxylic acids is 1. The van der Waals surface area contributed by atoms with Gasteiger partial charge in [-0.1, -0.05) is 23.5 Å². The zero-order valence-corrected chi connectivity index (χ0v) is 13.3. The summed E-state index contributed by atoms with van der Waals surface area (Å²) in [6.07, 6.45) is 0. The Morgan fingerprint density at radius 2 is 2.15 bits per heavy atom. The number of thiazole rings is 1. The van der Waals surface area contributed by atoms with Crippen LogP contribution in [0.15, 0.2) is 22.4 Å². The van der Waals surface area contributed by atoms with Crippen LogP contribution >= 0.6 is 23.1 Å². The summed E-state index contributed by atoms with van der Waals surface area (Å²) in [6.45, 7) is 5.89. The summed E-state index contributed by atoms with van der Waals surface area (Å²) >= 11 is 2.89. The summed E-state index contributed by atoms with van der Waals surface area (Å²) in [5.74, 6) is 0.339. The van der Waals surface area contributed by atoms with Gasteiger partial charge in [-0.25, -0.2) is 4.98 Å². The average Bonchev–Trinajstić information content (AvgIpc) is 2.70. The van der Waals surface area contributed by atoms with Crippen LogP contribution in [0.5, 0.6) is 0 Å². The van der Waals surface area contributed by atoms with Crippen molar-refractivity contribution in [3.63, 3.8) is 0 Å². The fourth-order valence-corrected chi connectivity index (χ4v) is 3.55. The van der Waals surface area contributed by atoms with E-state index in [4.69, 9.17) is 5.73 Å². The van der Waals surface area contributed by atoms with Gasteiger partial charge in [0, 0.05) is 5.69 Å². The molecule has 0 spiro atoms. The Bertz CT molecular complexity index is 637. The smallest absolute Gasteiger partial charge is 0.234 e. The van der Waals surface area contributed by atoms with E-state index in [1.165, 1.54) is 23.1 Å².